The number of fused-ring (bicyclic) bond motifs is 3. The molecule has 0 radical (unpaired) electrons. The topological polar surface area (TPSA) is 76.2 Å². The summed E-state index contributed by atoms with van der Waals surface area (Å²) in [6.45, 7) is 1.26. The normalized spacial score (nSPS) is 16.2. The molecular weight excluding hydrogens is 378 g/mol. The second-order valence-electron chi connectivity index (χ2n) is 7.53. The van der Waals surface area contributed by atoms with Crippen LogP contribution in [0.2, 0.25) is 0 Å². The molecule has 1 fully saturated rings. The molecule has 0 aliphatic carbocycles. The number of nitrogens with zero attached hydrogens (tertiary/aromatic N) is 1. The standard InChI is InChI=1S/C24H23N3O3/c1-29-16-7-4-6-15(12-16)22-23-19(18-9-2-3-10-20(18)26-23)13-21(27-22)24(28)25-14-17-8-5-11-30-17/h2-4,6-7,9-10,12-13,17,26H,5,8,11,14H2,1H3,(H,25,28)/t17-/m0/s1. The van der Waals surface area contributed by atoms with Crippen molar-refractivity contribution in [3.05, 3.63) is 60.3 Å². The van der Waals surface area contributed by atoms with Crippen molar-refractivity contribution in [3.8, 4) is 17.0 Å². The van der Waals surface area contributed by atoms with E-state index < -0.39 is 0 Å². The van der Waals surface area contributed by atoms with Crippen LogP contribution in [0.1, 0.15) is 23.3 Å². The van der Waals surface area contributed by atoms with Gasteiger partial charge < -0.3 is 19.8 Å². The zero-order valence-electron chi connectivity index (χ0n) is 16.8. The maximum atomic E-state index is 12.9. The highest BCUT2D eigenvalue weighted by Gasteiger charge is 2.20. The van der Waals surface area contributed by atoms with Gasteiger partial charge in [0.05, 0.1) is 24.4 Å². The smallest absolute Gasteiger partial charge is 0.270 e. The third-order valence-corrected chi connectivity index (χ3v) is 5.59. The van der Waals surface area contributed by atoms with E-state index in [0.717, 1.165) is 58.3 Å². The maximum absolute atomic E-state index is 12.9. The highest BCUT2D eigenvalue weighted by molar-refractivity contribution is 6.13. The van der Waals surface area contributed by atoms with Crippen molar-refractivity contribution < 1.29 is 14.3 Å². The zero-order valence-corrected chi connectivity index (χ0v) is 16.8. The molecule has 3 heterocycles. The summed E-state index contributed by atoms with van der Waals surface area (Å²) >= 11 is 0. The number of methoxy groups -OCH3 is 1. The average molecular weight is 401 g/mol. The van der Waals surface area contributed by atoms with Gasteiger partial charge in [-0.2, -0.15) is 0 Å². The summed E-state index contributed by atoms with van der Waals surface area (Å²) in [5, 5.41) is 5.02. The van der Waals surface area contributed by atoms with E-state index in [1.807, 2.05) is 48.5 Å². The van der Waals surface area contributed by atoms with Crippen molar-refractivity contribution >= 4 is 27.7 Å². The monoisotopic (exact) mass is 401 g/mol. The fourth-order valence-electron chi connectivity index (χ4n) is 4.04. The second-order valence-corrected chi connectivity index (χ2v) is 7.53. The number of aromatic amines is 1. The van der Waals surface area contributed by atoms with Crippen LogP contribution in [0.5, 0.6) is 5.75 Å². The molecule has 6 heteroatoms. The number of aromatic nitrogens is 2. The predicted octanol–water partition coefficient (Wildman–Crippen LogP) is 4.30. The third kappa shape index (κ3) is 3.39. The summed E-state index contributed by atoms with van der Waals surface area (Å²) in [6, 6.07) is 17.7. The van der Waals surface area contributed by atoms with E-state index in [0.29, 0.717) is 12.2 Å². The van der Waals surface area contributed by atoms with Crippen molar-refractivity contribution in [2.45, 2.75) is 18.9 Å². The molecule has 4 aromatic rings. The van der Waals surface area contributed by atoms with Gasteiger partial charge in [-0.1, -0.05) is 30.3 Å². The Balaban J connectivity index is 1.62. The van der Waals surface area contributed by atoms with Crippen LogP contribution in [0.15, 0.2) is 54.6 Å². The molecule has 1 saturated heterocycles. The number of rotatable bonds is 5. The van der Waals surface area contributed by atoms with Crippen molar-refractivity contribution in [2.24, 2.45) is 0 Å². The minimum absolute atomic E-state index is 0.0867. The van der Waals surface area contributed by atoms with E-state index in [9.17, 15) is 4.79 Å². The summed E-state index contributed by atoms with van der Waals surface area (Å²) in [4.78, 5) is 21.2. The number of nitrogens with one attached hydrogen (secondary N) is 2. The first kappa shape index (κ1) is 18.6. The van der Waals surface area contributed by atoms with E-state index >= 15 is 0 Å². The van der Waals surface area contributed by atoms with Crippen LogP contribution in [0.25, 0.3) is 33.1 Å². The molecule has 2 aromatic carbocycles. The second kappa shape index (κ2) is 7.80. The highest BCUT2D eigenvalue weighted by Crippen LogP contribution is 2.33. The zero-order chi connectivity index (χ0) is 20.5. The molecule has 1 amide bonds. The molecule has 0 bridgehead atoms. The van der Waals surface area contributed by atoms with Crippen LogP contribution in [-0.4, -0.2) is 42.2 Å². The minimum atomic E-state index is -0.193. The van der Waals surface area contributed by atoms with Crippen molar-refractivity contribution in [1.29, 1.82) is 0 Å². The lowest BCUT2D eigenvalue weighted by Gasteiger charge is -2.12. The molecule has 6 nitrogen and oxygen atoms in total. The molecule has 2 N–H and O–H groups in total. The number of hydrogen-bond donors (Lipinski definition) is 2. The fourth-order valence-corrected chi connectivity index (χ4v) is 4.04. The van der Waals surface area contributed by atoms with Gasteiger partial charge in [0.2, 0.25) is 0 Å². The van der Waals surface area contributed by atoms with Gasteiger partial charge >= 0.3 is 0 Å². The molecule has 1 aliphatic rings. The number of para-hydroxylation sites is 1. The van der Waals surface area contributed by atoms with Crippen LogP contribution < -0.4 is 10.1 Å². The number of ether oxygens (including phenoxy) is 2. The highest BCUT2D eigenvalue weighted by atomic mass is 16.5. The first-order valence-corrected chi connectivity index (χ1v) is 10.2. The summed E-state index contributed by atoms with van der Waals surface area (Å²) in [6.07, 6.45) is 2.10. The number of H-pyrrole nitrogens is 1. The lowest BCUT2D eigenvalue weighted by Crippen LogP contribution is -2.32. The molecule has 0 spiro atoms. The van der Waals surface area contributed by atoms with Crippen LogP contribution >= 0.6 is 0 Å². The molecule has 1 atom stereocenters. The van der Waals surface area contributed by atoms with E-state index in [-0.39, 0.29) is 12.0 Å². The van der Waals surface area contributed by atoms with Gasteiger partial charge in [0.25, 0.3) is 5.91 Å². The number of carbonyl (C=O) groups is 1. The quantitative estimate of drug-likeness (QED) is 0.523. The van der Waals surface area contributed by atoms with Crippen molar-refractivity contribution in [2.75, 3.05) is 20.3 Å². The number of pyridine rings is 1. The first-order chi connectivity index (χ1) is 14.7. The molecule has 0 unspecified atom stereocenters. The Labute approximate surface area is 174 Å². The third-order valence-electron chi connectivity index (χ3n) is 5.59. The molecule has 0 saturated carbocycles. The van der Waals surface area contributed by atoms with Gasteiger partial charge in [0, 0.05) is 35.0 Å². The van der Waals surface area contributed by atoms with Crippen molar-refractivity contribution in [3.63, 3.8) is 0 Å². The van der Waals surface area contributed by atoms with Gasteiger partial charge in [-0.15, -0.1) is 0 Å². The minimum Gasteiger partial charge on any atom is -0.497 e. The Bertz CT molecular complexity index is 1230. The fraction of sp³-hybridized carbons (Fsp3) is 0.250. The lowest BCUT2D eigenvalue weighted by atomic mass is 10.1. The Morgan fingerprint density at radius 1 is 1.20 bits per heavy atom. The summed E-state index contributed by atoms with van der Waals surface area (Å²) in [5.74, 6) is 0.550. The largest absolute Gasteiger partial charge is 0.497 e. The van der Waals surface area contributed by atoms with Crippen LogP contribution in [-0.2, 0) is 4.74 Å². The average Bonchev–Trinajstić information content (AvgIpc) is 3.44. The van der Waals surface area contributed by atoms with E-state index in [1.165, 1.54) is 0 Å². The Morgan fingerprint density at radius 3 is 2.93 bits per heavy atom. The van der Waals surface area contributed by atoms with Crippen LogP contribution in [0.4, 0.5) is 0 Å². The SMILES string of the molecule is COc1cccc(-c2nc(C(=O)NC[C@@H]3CCCO3)cc3c2[nH]c2ccccc23)c1. The Morgan fingerprint density at radius 2 is 2.10 bits per heavy atom. The number of carbonyl (C=O) groups excluding carboxylic acids is 1. The Kier molecular flexibility index (Phi) is 4.85. The van der Waals surface area contributed by atoms with Gasteiger partial charge in [0.15, 0.2) is 0 Å². The van der Waals surface area contributed by atoms with Gasteiger partial charge in [-0.3, -0.25) is 4.79 Å². The maximum Gasteiger partial charge on any atom is 0.270 e. The predicted molar refractivity (Wildman–Crippen MR) is 117 cm³/mol. The Hall–Kier alpha value is -3.38. The molecule has 30 heavy (non-hydrogen) atoms. The van der Waals surface area contributed by atoms with Crippen LogP contribution in [0.3, 0.4) is 0 Å². The first-order valence-electron chi connectivity index (χ1n) is 10.2. The summed E-state index contributed by atoms with van der Waals surface area (Å²) in [7, 11) is 1.64. The number of benzene rings is 2. The lowest BCUT2D eigenvalue weighted by molar-refractivity contribution is 0.0854. The van der Waals surface area contributed by atoms with Gasteiger partial charge in [-0.25, -0.2) is 4.98 Å². The van der Waals surface area contributed by atoms with E-state index in [4.69, 9.17) is 14.5 Å². The van der Waals surface area contributed by atoms with Gasteiger partial charge in [0.1, 0.15) is 11.4 Å². The number of amides is 1. The van der Waals surface area contributed by atoms with Gasteiger partial charge in [-0.05, 0) is 37.1 Å². The summed E-state index contributed by atoms with van der Waals surface area (Å²) < 4.78 is 11.0. The molecule has 1 aliphatic heterocycles. The molecule has 2 aromatic heterocycles. The summed E-state index contributed by atoms with van der Waals surface area (Å²) in [5.41, 5.74) is 3.92. The van der Waals surface area contributed by atoms with E-state index in [2.05, 4.69) is 16.4 Å². The van der Waals surface area contributed by atoms with Crippen LogP contribution in [0, 0.1) is 0 Å². The van der Waals surface area contributed by atoms with Crippen molar-refractivity contribution in [1.82, 2.24) is 15.3 Å². The number of hydrogen-bond acceptors (Lipinski definition) is 4. The molecular formula is C24H23N3O3. The molecule has 152 valence electrons. The molecule has 5 rings (SSSR count). The van der Waals surface area contributed by atoms with E-state index in [1.54, 1.807) is 7.11 Å².